The molecule has 6 nitrogen and oxygen atoms in total. The first-order valence-corrected chi connectivity index (χ1v) is 6.65. The SMILES string of the molecule is CN1C(=O)C[C@@](C)(c2ccc3c(ccc[n+]3[O-])c2)N=C1N. The number of pyridine rings is 1. The van der Waals surface area contributed by atoms with Gasteiger partial charge in [0.2, 0.25) is 11.4 Å². The molecule has 21 heavy (non-hydrogen) atoms. The van der Waals surface area contributed by atoms with Crippen molar-refractivity contribution in [3.8, 4) is 0 Å². The molecule has 2 heterocycles. The average molecular weight is 284 g/mol. The zero-order valence-electron chi connectivity index (χ0n) is 11.9. The van der Waals surface area contributed by atoms with Crippen LogP contribution in [0.25, 0.3) is 10.9 Å². The Balaban J connectivity index is 2.14. The van der Waals surface area contributed by atoms with Gasteiger partial charge in [0, 0.05) is 24.6 Å². The molecule has 108 valence electrons. The van der Waals surface area contributed by atoms with Gasteiger partial charge in [0.05, 0.1) is 12.0 Å². The monoisotopic (exact) mass is 284 g/mol. The van der Waals surface area contributed by atoms with Crippen molar-refractivity contribution in [1.29, 1.82) is 0 Å². The van der Waals surface area contributed by atoms with Crippen molar-refractivity contribution in [3.63, 3.8) is 0 Å². The van der Waals surface area contributed by atoms with Gasteiger partial charge in [-0.25, -0.2) is 4.99 Å². The largest absolute Gasteiger partial charge is 0.618 e. The Morgan fingerprint density at radius 3 is 2.90 bits per heavy atom. The van der Waals surface area contributed by atoms with Crippen LogP contribution in [0, 0.1) is 5.21 Å². The van der Waals surface area contributed by atoms with E-state index in [1.54, 1.807) is 19.2 Å². The molecule has 1 aromatic heterocycles. The van der Waals surface area contributed by atoms with Gasteiger partial charge in [-0.3, -0.25) is 9.69 Å². The van der Waals surface area contributed by atoms with E-state index in [-0.39, 0.29) is 18.3 Å². The number of benzene rings is 1. The Bertz CT molecular complexity index is 771. The molecule has 3 rings (SSSR count). The van der Waals surface area contributed by atoms with E-state index in [4.69, 9.17) is 5.73 Å². The Morgan fingerprint density at radius 1 is 1.43 bits per heavy atom. The highest BCUT2D eigenvalue weighted by molar-refractivity contribution is 5.98. The highest BCUT2D eigenvalue weighted by Crippen LogP contribution is 2.33. The molecule has 0 fully saturated rings. The predicted molar refractivity (Wildman–Crippen MR) is 79.3 cm³/mol. The maximum atomic E-state index is 12.0. The highest BCUT2D eigenvalue weighted by atomic mass is 16.5. The summed E-state index contributed by atoms with van der Waals surface area (Å²) in [6.07, 6.45) is 1.71. The number of aliphatic imine (C=N–C) groups is 1. The second kappa shape index (κ2) is 4.44. The van der Waals surface area contributed by atoms with Crippen LogP contribution in [-0.2, 0) is 10.3 Å². The zero-order chi connectivity index (χ0) is 15.2. The maximum absolute atomic E-state index is 12.0. The molecule has 2 N–H and O–H groups in total. The van der Waals surface area contributed by atoms with E-state index in [1.165, 1.54) is 11.1 Å². The van der Waals surface area contributed by atoms with E-state index >= 15 is 0 Å². The number of rotatable bonds is 1. The molecule has 1 aromatic carbocycles. The van der Waals surface area contributed by atoms with Crippen LogP contribution < -0.4 is 10.5 Å². The van der Waals surface area contributed by atoms with Crippen LogP contribution >= 0.6 is 0 Å². The van der Waals surface area contributed by atoms with Gasteiger partial charge >= 0.3 is 0 Å². The smallest absolute Gasteiger partial charge is 0.231 e. The summed E-state index contributed by atoms with van der Waals surface area (Å²) >= 11 is 0. The van der Waals surface area contributed by atoms with Crippen molar-refractivity contribution in [1.82, 2.24) is 4.90 Å². The third-order valence-corrected chi connectivity index (χ3v) is 3.96. The quantitative estimate of drug-likeness (QED) is 0.622. The van der Waals surface area contributed by atoms with Crippen LogP contribution in [0.2, 0.25) is 0 Å². The molecule has 0 spiro atoms. The van der Waals surface area contributed by atoms with Crippen LogP contribution in [-0.4, -0.2) is 23.8 Å². The molecule has 0 aliphatic carbocycles. The number of aromatic nitrogens is 1. The lowest BCUT2D eigenvalue weighted by atomic mass is 9.87. The molecule has 6 heteroatoms. The van der Waals surface area contributed by atoms with Crippen LogP contribution in [0.3, 0.4) is 0 Å². The van der Waals surface area contributed by atoms with Gasteiger partial charge in [0.1, 0.15) is 0 Å². The summed E-state index contributed by atoms with van der Waals surface area (Å²) in [5, 5.41) is 12.5. The summed E-state index contributed by atoms with van der Waals surface area (Å²) in [5.74, 6) is 0.137. The van der Waals surface area contributed by atoms with Gasteiger partial charge in [-0.15, -0.1) is 0 Å². The first kappa shape index (κ1) is 13.4. The van der Waals surface area contributed by atoms with Crippen molar-refractivity contribution in [2.24, 2.45) is 10.7 Å². The van der Waals surface area contributed by atoms with Crippen molar-refractivity contribution in [3.05, 3.63) is 47.3 Å². The van der Waals surface area contributed by atoms with Crippen molar-refractivity contribution >= 4 is 22.8 Å². The number of hydrogen-bond donors (Lipinski definition) is 1. The van der Waals surface area contributed by atoms with Crippen LogP contribution in [0.4, 0.5) is 0 Å². The van der Waals surface area contributed by atoms with Gasteiger partial charge in [-0.05, 0) is 30.7 Å². The van der Waals surface area contributed by atoms with E-state index in [2.05, 4.69) is 4.99 Å². The molecular weight excluding hydrogens is 268 g/mol. The van der Waals surface area contributed by atoms with Gasteiger partial charge in [0.15, 0.2) is 12.2 Å². The molecular formula is C15H16N4O2. The third-order valence-electron chi connectivity index (χ3n) is 3.96. The Kier molecular flexibility index (Phi) is 2.83. The minimum Gasteiger partial charge on any atom is -0.618 e. The minimum atomic E-state index is -0.703. The maximum Gasteiger partial charge on any atom is 0.231 e. The molecule has 0 unspecified atom stereocenters. The number of guanidine groups is 1. The van der Waals surface area contributed by atoms with Gasteiger partial charge in [-0.1, -0.05) is 0 Å². The highest BCUT2D eigenvalue weighted by Gasteiger charge is 2.36. The Hall–Kier alpha value is -2.63. The molecule has 1 atom stereocenters. The van der Waals surface area contributed by atoms with Gasteiger partial charge in [0.25, 0.3) is 0 Å². The topological polar surface area (TPSA) is 85.6 Å². The zero-order valence-corrected chi connectivity index (χ0v) is 11.9. The number of carbonyl (C=O) groups excluding carboxylic acids is 1. The standard InChI is InChI=1S/C15H16N4O2/c1-15(9-13(20)18(2)14(16)17-15)11-5-6-12-10(8-11)4-3-7-19(12)21/h3-8H,9H2,1-2H3,(H2,16,17)/t15-/m0/s1. The van der Waals surface area contributed by atoms with Crippen molar-refractivity contribution < 1.29 is 9.52 Å². The normalized spacial score (nSPS) is 22.5. The van der Waals surface area contributed by atoms with Crippen LogP contribution in [0.5, 0.6) is 0 Å². The molecule has 0 bridgehead atoms. The number of amides is 1. The summed E-state index contributed by atoms with van der Waals surface area (Å²) in [4.78, 5) is 17.8. The van der Waals surface area contributed by atoms with Crippen molar-refractivity contribution in [2.45, 2.75) is 18.9 Å². The fourth-order valence-electron chi connectivity index (χ4n) is 2.60. The molecule has 0 radical (unpaired) electrons. The number of carbonyl (C=O) groups is 1. The lowest BCUT2D eigenvalue weighted by Gasteiger charge is -2.33. The summed E-state index contributed by atoms with van der Waals surface area (Å²) < 4.78 is 0.818. The average Bonchev–Trinajstić information content (AvgIpc) is 2.44. The molecule has 1 aliphatic rings. The number of nitrogens with two attached hydrogens (primary N) is 1. The summed E-state index contributed by atoms with van der Waals surface area (Å²) in [5.41, 5.74) is 6.57. The molecule has 2 aromatic rings. The van der Waals surface area contributed by atoms with Gasteiger partial charge in [-0.2, -0.15) is 4.73 Å². The lowest BCUT2D eigenvalue weighted by Crippen LogP contribution is -2.47. The summed E-state index contributed by atoms with van der Waals surface area (Å²) in [7, 11) is 1.61. The molecule has 0 saturated heterocycles. The number of hydrogen-bond acceptors (Lipinski definition) is 4. The number of nitrogens with zero attached hydrogens (tertiary/aromatic N) is 3. The molecule has 1 amide bonds. The first-order valence-electron chi connectivity index (χ1n) is 6.65. The molecule has 0 saturated carbocycles. The van der Waals surface area contributed by atoms with Crippen molar-refractivity contribution in [2.75, 3.05) is 7.05 Å². The van der Waals surface area contributed by atoms with Crippen LogP contribution in [0.15, 0.2) is 41.5 Å². The first-order chi connectivity index (χ1) is 9.90. The van der Waals surface area contributed by atoms with Gasteiger partial charge < -0.3 is 10.9 Å². The predicted octanol–water partition coefficient (Wildman–Crippen LogP) is 0.865. The van der Waals surface area contributed by atoms with E-state index in [9.17, 15) is 10.0 Å². The lowest BCUT2D eigenvalue weighted by molar-refractivity contribution is -0.577. The summed E-state index contributed by atoms with van der Waals surface area (Å²) in [6.45, 7) is 1.88. The Labute approximate surface area is 122 Å². The molecule has 1 aliphatic heterocycles. The van der Waals surface area contributed by atoms with E-state index in [0.29, 0.717) is 5.52 Å². The van der Waals surface area contributed by atoms with E-state index in [1.807, 2.05) is 25.1 Å². The third kappa shape index (κ3) is 2.08. The number of fused-ring (bicyclic) bond motifs is 1. The fourth-order valence-corrected chi connectivity index (χ4v) is 2.60. The van der Waals surface area contributed by atoms with Crippen LogP contribution in [0.1, 0.15) is 18.9 Å². The fraction of sp³-hybridized carbons (Fsp3) is 0.267. The summed E-state index contributed by atoms with van der Waals surface area (Å²) in [6, 6.07) is 9.02. The second-order valence-electron chi connectivity index (χ2n) is 5.48. The minimum absolute atomic E-state index is 0.0722. The Morgan fingerprint density at radius 2 is 2.19 bits per heavy atom. The second-order valence-corrected chi connectivity index (χ2v) is 5.48. The van der Waals surface area contributed by atoms with E-state index in [0.717, 1.165) is 15.7 Å². The van der Waals surface area contributed by atoms with E-state index < -0.39 is 5.54 Å².